The van der Waals surface area contributed by atoms with Gasteiger partial charge in [-0.05, 0) is 54.8 Å². The lowest BCUT2D eigenvalue weighted by Gasteiger charge is -2.27. The van der Waals surface area contributed by atoms with Crippen LogP contribution >= 0.6 is 23.2 Å². The van der Waals surface area contributed by atoms with Crippen molar-refractivity contribution in [2.24, 2.45) is 0 Å². The Morgan fingerprint density at radius 2 is 1.79 bits per heavy atom. The minimum absolute atomic E-state index is 0.0112. The first-order chi connectivity index (χ1) is 15.8. The molecule has 5 nitrogen and oxygen atoms in total. The van der Waals surface area contributed by atoms with Crippen molar-refractivity contribution in [3.8, 4) is 11.8 Å². The van der Waals surface area contributed by atoms with Gasteiger partial charge in [0.25, 0.3) is 11.8 Å². The molecule has 2 aromatic rings. The van der Waals surface area contributed by atoms with Gasteiger partial charge in [-0.25, -0.2) is 0 Å². The zero-order valence-corrected chi connectivity index (χ0v) is 20.0. The smallest absolute Gasteiger partial charge is 0.271 e. The molecule has 0 unspecified atom stereocenters. The van der Waals surface area contributed by atoms with E-state index in [1.54, 1.807) is 37.3 Å². The number of rotatable bonds is 8. The maximum Gasteiger partial charge on any atom is 0.271 e. The van der Waals surface area contributed by atoms with Crippen molar-refractivity contribution >= 4 is 41.1 Å². The van der Waals surface area contributed by atoms with E-state index in [0.717, 1.165) is 24.0 Å². The van der Waals surface area contributed by atoms with Crippen LogP contribution in [0.5, 0.6) is 5.75 Å². The van der Waals surface area contributed by atoms with E-state index in [-0.39, 0.29) is 18.1 Å². The molecular formula is C26H24Cl2N2O3. The normalized spacial score (nSPS) is 15.2. The van der Waals surface area contributed by atoms with Crippen LogP contribution in [-0.4, -0.2) is 23.3 Å². The van der Waals surface area contributed by atoms with E-state index in [1.165, 1.54) is 4.90 Å². The lowest BCUT2D eigenvalue weighted by molar-refractivity contribution is -0.140. The molecule has 2 amide bonds. The van der Waals surface area contributed by atoms with Gasteiger partial charge in [0.1, 0.15) is 24.0 Å². The summed E-state index contributed by atoms with van der Waals surface area (Å²) in [5.74, 6) is -0.248. The molecule has 7 heteroatoms. The Balaban J connectivity index is 1.79. The number of carbonyl (C=O) groups excluding carboxylic acids is 2. The first-order valence-corrected chi connectivity index (χ1v) is 11.5. The molecule has 2 aromatic carbocycles. The molecule has 3 rings (SSSR count). The Hall–Kier alpha value is -3.07. The van der Waals surface area contributed by atoms with E-state index < -0.39 is 5.91 Å². The fraction of sp³-hybridized carbons (Fsp3) is 0.269. The predicted octanol–water partition coefficient (Wildman–Crippen LogP) is 6.35. The van der Waals surface area contributed by atoms with Gasteiger partial charge in [-0.15, -0.1) is 0 Å². The summed E-state index contributed by atoms with van der Waals surface area (Å²) < 4.78 is 5.80. The molecule has 0 N–H and O–H groups in total. The van der Waals surface area contributed by atoms with Crippen LogP contribution in [0.25, 0.3) is 6.08 Å². The fourth-order valence-electron chi connectivity index (χ4n) is 3.48. The molecule has 1 heterocycles. The monoisotopic (exact) mass is 482 g/mol. The Morgan fingerprint density at radius 1 is 1.06 bits per heavy atom. The lowest BCUT2D eigenvalue weighted by atomic mass is 9.93. The van der Waals surface area contributed by atoms with E-state index in [9.17, 15) is 14.9 Å². The molecule has 1 aliphatic rings. The summed E-state index contributed by atoms with van der Waals surface area (Å²) in [6.07, 6.45) is 4.29. The third-order valence-corrected chi connectivity index (χ3v) is 6.00. The molecule has 0 spiro atoms. The Kier molecular flexibility index (Phi) is 8.32. The van der Waals surface area contributed by atoms with E-state index in [0.29, 0.717) is 39.9 Å². The first-order valence-electron chi connectivity index (χ1n) is 10.7. The van der Waals surface area contributed by atoms with Gasteiger partial charge in [-0.1, -0.05) is 61.2 Å². The number of amides is 2. The highest BCUT2D eigenvalue weighted by Crippen LogP contribution is 2.28. The van der Waals surface area contributed by atoms with E-state index in [2.05, 4.69) is 0 Å². The number of benzene rings is 2. The summed E-state index contributed by atoms with van der Waals surface area (Å²) in [7, 11) is 0. The standard InChI is InChI=1S/C26H24Cl2N2O3/c1-3-4-5-12-30-25(31)22(17(2)23(15-29)26(30)32)13-18-6-10-21(11-7-18)33-16-19-8-9-20(27)14-24(19)28/h6-11,13-14H,3-5,12,16H2,1-2H3/b22-13+. The van der Waals surface area contributed by atoms with Crippen molar-refractivity contribution in [1.82, 2.24) is 4.90 Å². The van der Waals surface area contributed by atoms with Crippen molar-refractivity contribution < 1.29 is 14.3 Å². The molecule has 0 saturated heterocycles. The van der Waals surface area contributed by atoms with Gasteiger partial charge in [0, 0.05) is 27.7 Å². The van der Waals surface area contributed by atoms with Gasteiger partial charge in [-0.3, -0.25) is 14.5 Å². The zero-order chi connectivity index (χ0) is 24.0. The zero-order valence-electron chi connectivity index (χ0n) is 18.5. The molecule has 0 aliphatic carbocycles. The number of nitrogens with zero attached hydrogens (tertiary/aromatic N) is 2. The van der Waals surface area contributed by atoms with Gasteiger partial charge in [0.15, 0.2) is 0 Å². The highest BCUT2D eigenvalue weighted by Gasteiger charge is 2.34. The molecule has 0 bridgehead atoms. The van der Waals surface area contributed by atoms with E-state index >= 15 is 0 Å². The minimum atomic E-state index is -0.516. The van der Waals surface area contributed by atoms with Crippen LogP contribution in [0.4, 0.5) is 0 Å². The highest BCUT2D eigenvalue weighted by atomic mass is 35.5. The third kappa shape index (κ3) is 5.84. The van der Waals surface area contributed by atoms with Crippen LogP contribution in [0, 0.1) is 11.3 Å². The molecule has 33 heavy (non-hydrogen) atoms. The van der Waals surface area contributed by atoms with Crippen LogP contribution < -0.4 is 4.74 Å². The van der Waals surface area contributed by atoms with Crippen LogP contribution in [0.15, 0.2) is 59.2 Å². The predicted molar refractivity (Wildman–Crippen MR) is 130 cm³/mol. The lowest BCUT2D eigenvalue weighted by Crippen LogP contribution is -2.43. The largest absolute Gasteiger partial charge is 0.489 e. The third-order valence-electron chi connectivity index (χ3n) is 5.41. The number of unbranched alkanes of at least 4 members (excludes halogenated alkanes) is 2. The summed E-state index contributed by atoms with van der Waals surface area (Å²) in [4.78, 5) is 26.8. The van der Waals surface area contributed by atoms with E-state index in [1.807, 2.05) is 31.2 Å². The van der Waals surface area contributed by atoms with Crippen LogP contribution in [-0.2, 0) is 16.2 Å². The Morgan fingerprint density at radius 3 is 2.42 bits per heavy atom. The Bertz CT molecular complexity index is 1160. The number of halogens is 2. The second-order valence-electron chi connectivity index (χ2n) is 7.73. The van der Waals surface area contributed by atoms with Gasteiger partial charge in [-0.2, -0.15) is 5.26 Å². The highest BCUT2D eigenvalue weighted by molar-refractivity contribution is 6.35. The van der Waals surface area contributed by atoms with Crippen molar-refractivity contribution in [1.29, 1.82) is 5.26 Å². The number of hydrogen-bond donors (Lipinski definition) is 0. The molecule has 0 atom stereocenters. The number of imide groups is 1. The van der Waals surface area contributed by atoms with Crippen molar-refractivity contribution in [2.45, 2.75) is 39.7 Å². The summed E-state index contributed by atoms with van der Waals surface area (Å²) >= 11 is 12.1. The number of carbonyl (C=O) groups is 2. The summed E-state index contributed by atoms with van der Waals surface area (Å²) in [5.41, 5.74) is 2.34. The molecule has 0 fully saturated rings. The Labute approximate surface area is 203 Å². The van der Waals surface area contributed by atoms with Gasteiger partial charge >= 0.3 is 0 Å². The molecule has 0 saturated carbocycles. The SMILES string of the molecule is CCCCCN1C(=O)C(C#N)=C(C)/C(=C\c2ccc(OCc3ccc(Cl)cc3Cl)cc2)C1=O. The molecule has 1 aliphatic heterocycles. The minimum Gasteiger partial charge on any atom is -0.489 e. The average molecular weight is 483 g/mol. The maximum atomic E-state index is 13.0. The maximum absolute atomic E-state index is 13.0. The van der Waals surface area contributed by atoms with Gasteiger partial charge < -0.3 is 4.74 Å². The molecule has 0 aromatic heterocycles. The van der Waals surface area contributed by atoms with Gasteiger partial charge in [0.05, 0.1) is 0 Å². The summed E-state index contributed by atoms with van der Waals surface area (Å²) in [6.45, 7) is 4.28. The van der Waals surface area contributed by atoms with Crippen LogP contribution in [0.3, 0.4) is 0 Å². The second-order valence-corrected chi connectivity index (χ2v) is 8.58. The molecule has 170 valence electrons. The fourth-order valence-corrected chi connectivity index (χ4v) is 3.94. The molecule has 0 radical (unpaired) electrons. The first kappa shape index (κ1) is 24.6. The van der Waals surface area contributed by atoms with Crippen LogP contribution in [0.2, 0.25) is 10.0 Å². The van der Waals surface area contributed by atoms with Gasteiger partial charge in [0.2, 0.25) is 0 Å². The quantitative estimate of drug-likeness (QED) is 0.249. The van der Waals surface area contributed by atoms with Crippen molar-refractivity contribution in [2.75, 3.05) is 6.54 Å². The number of ether oxygens (including phenoxy) is 1. The van der Waals surface area contributed by atoms with Crippen molar-refractivity contribution in [3.05, 3.63) is 80.4 Å². The summed E-state index contributed by atoms with van der Waals surface area (Å²) in [6, 6.07) is 14.4. The summed E-state index contributed by atoms with van der Waals surface area (Å²) in [5, 5.41) is 10.6. The number of nitriles is 1. The topological polar surface area (TPSA) is 70.4 Å². The van der Waals surface area contributed by atoms with E-state index in [4.69, 9.17) is 27.9 Å². The molecular weight excluding hydrogens is 459 g/mol. The average Bonchev–Trinajstić information content (AvgIpc) is 2.79. The second kappa shape index (κ2) is 11.2. The van der Waals surface area contributed by atoms with Crippen molar-refractivity contribution in [3.63, 3.8) is 0 Å². The number of hydrogen-bond acceptors (Lipinski definition) is 4. The van der Waals surface area contributed by atoms with Crippen LogP contribution in [0.1, 0.15) is 44.2 Å².